The number of nitrogens with one attached hydrogen (secondary N) is 2. The fourth-order valence-corrected chi connectivity index (χ4v) is 2.27. The van der Waals surface area contributed by atoms with Gasteiger partial charge in [-0.15, -0.1) is 0 Å². The molecule has 0 bridgehead atoms. The van der Waals surface area contributed by atoms with Crippen LogP contribution in [0, 0.1) is 6.92 Å². The van der Waals surface area contributed by atoms with Crippen LogP contribution >= 0.6 is 11.6 Å². The lowest BCUT2D eigenvalue weighted by Gasteiger charge is -2.13. The molecule has 1 unspecified atom stereocenters. The Bertz CT molecular complexity index is 732. The first-order valence-corrected chi connectivity index (χ1v) is 8.05. The fourth-order valence-electron chi connectivity index (χ4n) is 2.14. The smallest absolute Gasteiger partial charge is 0.271 e. The summed E-state index contributed by atoms with van der Waals surface area (Å²) in [5.41, 5.74) is 1.31. The molecule has 0 saturated heterocycles. The van der Waals surface area contributed by atoms with Crippen LogP contribution in [-0.2, 0) is 11.8 Å². The predicted octanol–water partition coefficient (Wildman–Crippen LogP) is 1.92. The van der Waals surface area contributed by atoms with Crippen molar-refractivity contribution >= 4 is 29.1 Å². The summed E-state index contributed by atoms with van der Waals surface area (Å²) in [6.45, 7) is 5.98. The third-order valence-corrected chi connectivity index (χ3v) is 3.95. The molecule has 0 aromatic carbocycles. The van der Waals surface area contributed by atoms with Gasteiger partial charge in [-0.05, 0) is 20.3 Å². The number of rotatable bonds is 6. The highest BCUT2D eigenvalue weighted by Crippen LogP contribution is 2.19. The van der Waals surface area contributed by atoms with Gasteiger partial charge in [-0.25, -0.2) is 0 Å². The third kappa shape index (κ3) is 3.76. The first-order chi connectivity index (χ1) is 11.3. The van der Waals surface area contributed by atoms with Gasteiger partial charge >= 0.3 is 0 Å². The van der Waals surface area contributed by atoms with Crippen molar-refractivity contribution < 1.29 is 9.59 Å². The Kier molecular flexibility index (Phi) is 5.61. The monoisotopic (exact) mass is 352 g/mol. The van der Waals surface area contributed by atoms with Crippen LogP contribution in [0.4, 0.5) is 5.69 Å². The highest BCUT2D eigenvalue weighted by atomic mass is 35.5. The van der Waals surface area contributed by atoms with Crippen molar-refractivity contribution in [3.8, 4) is 0 Å². The minimum absolute atomic E-state index is 0.280. The molecule has 1 atom stereocenters. The average molecular weight is 353 g/mol. The Balaban J connectivity index is 2.15. The molecule has 8 nitrogen and oxygen atoms in total. The van der Waals surface area contributed by atoms with Crippen molar-refractivity contribution in [3.63, 3.8) is 0 Å². The van der Waals surface area contributed by atoms with E-state index in [4.69, 9.17) is 11.6 Å². The van der Waals surface area contributed by atoms with Crippen LogP contribution in [0.2, 0.25) is 5.02 Å². The molecule has 2 amide bonds. The van der Waals surface area contributed by atoms with Gasteiger partial charge in [0.2, 0.25) is 5.91 Å². The third-order valence-electron chi connectivity index (χ3n) is 3.58. The van der Waals surface area contributed by atoms with Crippen LogP contribution in [0.3, 0.4) is 0 Å². The zero-order valence-electron chi connectivity index (χ0n) is 14.1. The first-order valence-electron chi connectivity index (χ1n) is 7.67. The maximum atomic E-state index is 12.4. The van der Waals surface area contributed by atoms with E-state index >= 15 is 0 Å². The highest BCUT2D eigenvalue weighted by Gasteiger charge is 2.22. The zero-order valence-corrected chi connectivity index (χ0v) is 14.9. The van der Waals surface area contributed by atoms with Crippen molar-refractivity contribution in [3.05, 3.63) is 28.8 Å². The number of hydrogen-bond acceptors (Lipinski definition) is 4. The van der Waals surface area contributed by atoms with E-state index in [1.807, 2.05) is 6.92 Å². The zero-order chi connectivity index (χ0) is 17.9. The van der Waals surface area contributed by atoms with Crippen LogP contribution in [0.1, 0.15) is 42.5 Å². The number of anilines is 1. The van der Waals surface area contributed by atoms with Gasteiger partial charge in [-0.3, -0.25) is 19.0 Å². The van der Waals surface area contributed by atoms with E-state index in [-0.39, 0.29) is 11.8 Å². The molecule has 0 aliphatic rings. The standard InChI is InChI=1S/C15H21ClN6O2/c1-5-6-17-15(24)13-12(7-18-21(13)4)19-14(23)10(3)22-8-11(16)9(2)20-22/h7-8,10H,5-6H2,1-4H3,(H,17,24)(H,19,23). The molecule has 0 aliphatic carbocycles. The summed E-state index contributed by atoms with van der Waals surface area (Å²) in [7, 11) is 1.65. The van der Waals surface area contributed by atoms with Crippen LogP contribution in [0.25, 0.3) is 0 Å². The molecular weight excluding hydrogens is 332 g/mol. The molecule has 0 radical (unpaired) electrons. The minimum Gasteiger partial charge on any atom is -0.351 e. The van der Waals surface area contributed by atoms with Gasteiger partial charge in [0.15, 0.2) is 0 Å². The summed E-state index contributed by atoms with van der Waals surface area (Å²) in [5.74, 6) is -0.593. The molecule has 2 aromatic heterocycles. The number of hydrogen-bond donors (Lipinski definition) is 2. The quantitative estimate of drug-likeness (QED) is 0.830. The van der Waals surface area contributed by atoms with E-state index in [2.05, 4.69) is 20.8 Å². The van der Waals surface area contributed by atoms with Crippen molar-refractivity contribution in [1.82, 2.24) is 24.9 Å². The van der Waals surface area contributed by atoms with Crippen LogP contribution in [0.15, 0.2) is 12.4 Å². The van der Waals surface area contributed by atoms with Gasteiger partial charge in [0.25, 0.3) is 5.91 Å². The minimum atomic E-state index is -0.581. The second-order valence-electron chi connectivity index (χ2n) is 5.49. The largest absolute Gasteiger partial charge is 0.351 e. The number of carbonyl (C=O) groups excluding carboxylic acids is 2. The summed E-state index contributed by atoms with van der Waals surface area (Å²) in [6, 6.07) is -0.581. The lowest BCUT2D eigenvalue weighted by atomic mass is 10.2. The number of aromatic nitrogens is 4. The molecule has 9 heteroatoms. The number of amides is 2. The molecule has 2 aromatic rings. The van der Waals surface area contributed by atoms with Crippen molar-refractivity contribution in [2.75, 3.05) is 11.9 Å². The molecule has 0 saturated carbocycles. The normalized spacial score (nSPS) is 12.0. The summed E-state index contributed by atoms with van der Waals surface area (Å²) < 4.78 is 2.92. The molecule has 0 spiro atoms. The SMILES string of the molecule is CCCNC(=O)c1c(NC(=O)C(C)n2cc(Cl)c(C)n2)cnn1C. The van der Waals surface area contributed by atoms with Crippen LogP contribution < -0.4 is 10.6 Å². The molecule has 24 heavy (non-hydrogen) atoms. The molecule has 2 heterocycles. The summed E-state index contributed by atoms with van der Waals surface area (Å²) in [4.78, 5) is 24.7. The van der Waals surface area contributed by atoms with E-state index in [0.29, 0.717) is 28.6 Å². The van der Waals surface area contributed by atoms with E-state index in [1.165, 1.54) is 15.6 Å². The second-order valence-corrected chi connectivity index (χ2v) is 5.90. The Labute approximate surface area is 145 Å². The molecule has 2 rings (SSSR count). The lowest BCUT2D eigenvalue weighted by Crippen LogP contribution is -2.29. The van der Waals surface area contributed by atoms with Gasteiger partial charge in [0.1, 0.15) is 11.7 Å². The summed E-state index contributed by atoms with van der Waals surface area (Å²) >= 11 is 5.98. The summed E-state index contributed by atoms with van der Waals surface area (Å²) in [5, 5.41) is 14.2. The van der Waals surface area contributed by atoms with E-state index in [1.54, 1.807) is 27.1 Å². The number of carbonyl (C=O) groups is 2. The average Bonchev–Trinajstić information content (AvgIpc) is 3.07. The van der Waals surface area contributed by atoms with Crippen molar-refractivity contribution in [2.24, 2.45) is 7.05 Å². The Morgan fingerprint density at radius 3 is 2.71 bits per heavy atom. The van der Waals surface area contributed by atoms with Gasteiger partial charge in [-0.2, -0.15) is 10.2 Å². The fraction of sp³-hybridized carbons (Fsp3) is 0.467. The van der Waals surface area contributed by atoms with E-state index in [9.17, 15) is 9.59 Å². The van der Waals surface area contributed by atoms with Crippen LogP contribution in [-0.4, -0.2) is 37.9 Å². The molecule has 0 fully saturated rings. The summed E-state index contributed by atoms with van der Waals surface area (Å²) in [6.07, 6.45) is 3.87. The Morgan fingerprint density at radius 2 is 2.12 bits per heavy atom. The Hall–Kier alpha value is -2.35. The lowest BCUT2D eigenvalue weighted by molar-refractivity contribution is -0.119. The highest BCUT2D eigenvalue weighted by molar-refractivity contribution is 6.31. The van der Waals surface area contributed by atoms with Crippen molar-refractivity contribution in [2.45, 2.75) is 33.2 Å². The van der Waals surface area contributed by atoms with Gasteiger partial charge in [0, 0.05) is 19.8 Å². The molecular formula is C15H21ClN6O2. The first kappa shape index (κ1) is 18.0. The molecule has 2 N–H and O–H groups in total. The van der Waals surface area contributed by atoms with Gasteiger partial charge in [0.05, 0.1) is 22.6 Å². The van der Waals surface area contributed by atoms with Crippen LogP contribution in [0.5, 0.6) is 0 Å². The number of nitrogens with zero attached hydrogens (tertiary/aromatic N) is 4. The topological polar surface area (TPSA) is 93.8 Å². The molecule has 0 aliphatic heterocycles. The maximum absolute atomic E-state index is 12.4. The molecule has 130 valence electrons. The van der Waals surface area contributed by atoms with Crippen molar-refractivity contribution in [1.29, 1.82) is 0 Å². The number of aryl methyl sites for hydroxylation is 2. The Morgan fingerprint density at radius 1 is 1.42 bits per heavy atom. The van der Waals surface area contributed by atoms with E-state index in [0.717, 1.165) is 6.42 Å². The van der Waals surface area contributed by atoms with Gasteiger partial charge in [-0.1, -0.05) is 18.5 Å². The maximum Gasteiger partial charge on any atom is 0.271 e. The predicted molar refractivity (Wildman–Crippen MR) is 91.1 cm³/mol. The van der Waals surface area contributed by atoms with E-state index < -0.39 is 6.04 Å². The second kappa shape index (κ2) is 7.48. The number of halogens is 1. The van der Waals surface area contributed by atoms with Gasteiger partial charge < -0.3 is 10.6 Å².